The summed E-state index contributed by atoms with van der Waals surface area (Å²) in [5, 5.41) is 0.587. The predicted octanol–water partition coefficient (Wildman–Crippen LogP) is 1.73. The Morgan fingerprint density at radius 3 is 2.48 bits per heavy atom. The number of benzene rings is 1. The van der Waals surface area contributed by atoms with Crippen LogP contribution in [0.3, 0.4) is 0 Å². The van der Waals surface area contributed by atoms with Gasteiger partial charge in [-0.3, -0.25) is 4.79 Å². The van der Waals surface area contributed by atoms with Gasteiger partial charge in [-0.2, -0.15) is 17.4 Å². The summed E-state index contributed by atoms with van der Waals surface area (Å²) in [4.78, 5) is 11.0. The van der Waals surface area contributed by atoms with E-state index in [1.807, 2.05) is 0 Å². The molecule has 8 heteroatoms. The fraction of sp³-hybridized carbons (Fsp3) is 0.462. The normalized spacial score (nSPS) is 13.2. The largest absolute Gasteiger partial charge is 0.469 e. The summed E-state index contributed by atoms with van der Waals surface area (Å²) in [5.74, 6) is -0.456. The molecule has 0 aromatic heterocycles. The van der Waals surface area contributed by atoms with E-state index >= 15 is 0 Å². The van der Waals surface area contributed by atoms with Gasteiger partial charge in [0.05, 0.1) is 13.5 Å². The first-order valence-electron chi connectivity index (χ1n) is 6.32. The molecule has 21 heavy (non-hydrogen) atoms. The van der Waals surface area contributed by atoms with Crippen molar-refractivity contribution >= 4 is 27.8 Å². The van der Waals surface area contributed by atoms with Crippen LogP contribution in [0.25, 0.3) is 0 Å². The lowest BCUT2D eigenvalue weighted by Crippen LogP contribution is -2.40. The first-order chi connectivity index (χ1) is 9.76. The van der Waals surface area contributed by atoms with Crippen LogP contribution in [0.5, 0.6) is 0 Å². The number of methoxy groups -OCH3 is 1. The van der Waals surface area contributed by atoms with E-state index in [4.69, 9.17) is 11.6 Å². The highest BCUT2D eigenvalue weighted by Crippen LogP contribution is 2.17. The second kappa shape index (κ2) is 7.74. The Morgan fingerprint density at radius 2 is 1.95 bits per heavy atom. The number of esters is 1. The van der Waals surface area contributed by atoms with Crippen molar-refractivity contribution in [2.75, 3.05) is 20.7 Å². The van der Waals surface area contributed by atoms with Gasteiger partial charge in [0, 0.05) is 24.7 Å². The fourth-order valence-electron chi connectivity index (χ4n) is 1.60. The Morgan fingerprint density at radius 1 is 1.38 bits per heavy atom. The van der Waals surface area contributed by atoms with Gasteiger partial charge in [0.15, 0.2) is 0 Å². The zero-order valence-corrected chi connectivity index (χ0v) is 13.7. The van der Waals surface area contributed by atoms with Gasteiger partial charge in [-0.15, -0.1) is 0 Å². The summed E-state index contributed by atoms with van der Waals surface area (Å²) in [6.45, 7) is 1.78. The van der Waals surface area contributed by atoms with Crippen molar-refractivity contribution in [3.05, 3.63) is 34.9 Å². The highest BCUT2D eigenvalue weighted by atomic mass is 35.5. The third-order valence-corrected chi connectivity index (χ3v) is 4.87. The third-order valence-electron chi connectivity index (χ3n) is 2.96. The summed E-state index contributed by atoms with van der Waals surface area (Å²) in [5.41, 5.74) is 0.796. The van der Waals surface area contributed by atoms with Gasteiger partial charge in [0.25, 0.3) is 10.2 Å². The number of halogens is 1. The van der Waals surface area contributed by atoms with Crippen molar-refractivity contribution in [3.63, 3.8) is 0 Å². The monoisotopic (exact) mass is 334 g/mol. The Kier molecular flexibility index (Phi) is 6.60. The van der Waals surface area contributed by atoms with E-state index in [9.17, 15) is 13.2 Å². The molecule has 0 aliphatic carbocycles. The van der Waals surface area contributed by atoms with E-state index in [1.54, 1.807) is 31.2 Å². The van der Waals surface area contributed by atoms with Gasteiger partial charge >= 0.3 is 5.97 Å². The molecule has 118 valence electrons. The molecule has 0 amide bonds. The maximum absolute atomic E-state index is 12.1. The van der Waals surface area contributed by atoms with E-state index in [2.05, 4.69) is 9.46 Å². The van der Waals surface area contributed by atoms with Gasteiger partial charge in [0.2, 0.25) is 0 Å². The first kappa shape index (κ1) is 17.9. The molecule has 6 nitrogen and oxygen atoms in total. The van der Waals surface area contributed by atoms with Crippen molar-refractivity contribution in [1.82, 2.24) is 9.03 Å². The zero-order chi connectivity index (χ0) is 16.0. The minimum Gasteiger partial charge on any atom is -0.469 e. The average molecular weight is 335 g/mol. The number of carbonyl (C=O) groups excluding carboxylic acids is 1. The van der Waals surface area contributed by atoms with E-state index in [-0.39, 0.29) is 13.0 Å². The molecule has 1 rings (SSSR count). The van der Waals surface area contributed by atoms with Crippen LogP contribution in [-0.2, 0) is 19.7 Å². The van der Waals surface area contributed by atoms with Crippen LogP contribution < -0.4 is 4.72 Å². The Hall–Kier alpha value is -1.15. The van der Waals surface area contributed by atoms with Crippen molar-refractivity contribution < 1.29 is 17.9 Å². The molecule has 0 bridgehead atoms. The molecule has 1 atom stereocenters. The minimum atomic E-state index is -3.68. The van der Waals surface area contributed by atoms with Crippen molar-refractivity contribution in [1.29, 1.82) is 0 Å². The number of hydrogen-bond acceptors (Lipinski definition) is 4. The average Bonchev–Trinajstić information content (AvgIpc) is 2.44. The van der Waals surface area contributed by atoms with Crippen molar-refractivity contribution in [2.45, 2.75) is 19.4 Å². The van der Waals surface area contributed by atoms with Gasteiger partial charge in [-0.25, -0.2) is 0 Å². The number of carbonyl (C=O) groups is 1. The summed E-state index contributed by atoms with van der Waals surface area (Å²) < 4.78 is 32.3. The highest BCUT2D eigenvalue weighted by Gasteiger charge is 2.21. The fourth-order valence-corrected chi connectivity index (χ4v) is 2.82. The topological polar surface area (TPSA) is 75.7 Å². The first-order valence-corrected chi connectivity index (χ1v) is 8.14. The number of nitrogens with zero attached hydrogens (tertiary/aromatic N) is 1. The van der Waals surface area contributed by atoms with Crippen LogP contribution in [0.15, 0.2) is 24.3 Å². The molecule has 1 N–H and O–H groups in total. The second-order valence-corrected chi connectivity index (χ2v) is 6.79. The lowest BCUT2D eigenvalue weighted by atomic mass is 10.1. The van der Waals surface area contributed by atoms with Crippen molar-refractivity contribution in [2.24, 2.45) is 0 Å². The molecule has 1 aromatic carbocycles. The molecule has 0 aliphatic rings. The number of ether oxygens (including phenoxy) is 1. The molecule has 0 radical (unpaired) electrons. The third kappa shape index (κ3) is 5.62. The summed E-state index contributed by atoms with van der Waals surface area (Å²) >= 11 is 5.79. The zero-order valence-electron chi connectivity index (χ0n) is 12.2. The minimum absolute atomic E-state index is 0.00321. The van der Waals surface area contributed by atoms with Gasteiger partial charge in [-0.1, -0.05) is 23.7 Å². The van der Waals surface area contributed by atoms with Crippen LogP contribution in [-0.4, -0.2) is 39.4 Å². The molecule has 0 saturated heterocycles. The molecule has 1 aromatic rings. The molecular weight excluding hydrogens is 316 g/mol. The van der Waals surface area contributed by atoms with Crippen LogP contribution >= 0.6 is 11.6 Å². The van der Waals surface area contributed by atoms with E-state index in [1.165, 1.54) is 14.2 Å². The van der Waals surface area contributed by atoms with E-state index in [0.29, 0.717) is 5.02 Å². The lowest BCUT2D eigenvalue weighted by Gasteiger charge is -2.21. The summed E-state index contributed by atoms with van der Waals surface area (Å²) in [6.07, 6.45) is 0.00321. The van der Waals surface area contributed by atoms with Crippen LogP contribution in [0.4, 0.5) is 0 Å². The standard InChI is InChI=1S/C13H19ClN2O4S/c1-10(11-4-6-12(14)7-5-11)15-21(18,19)16(2)9-8-13(17)20-3/h4-7,10,15H,8-9H2,1-3H3/t10-/m1/s1. The molecule has 0 fully saturated rings. The van der Waals surface area contributed by atoms with Gasteiger partial charge < -0.3 is 4.74 Å². The Labute approximate surface area is 130 Å². The van der Waals surface area contributed by atoms with E-state index in [0.717, 1.165) is 9.87 Å². The molecular formula is C13H19ClN2O4S. The second-order valence-electron chi connectivity index (χ2n) is 4.54. The SMILES string of the molecule is COC(=O)CCN(C)S(=O)(=O)N[C@H](C)c1ccc(Cl)cc1. The van der Waals surface area contributed by atoms with Crippen molar-refractivity contribution in [3.8, 4) is 0 Å². The van der Waals surface area contributed by atoms with Crippen LogP contribution in [0, 0.1) is 0 Å². The maximum Gasteiger partial charge on any atom is 0.306 e. The van der Waals surface area contributed by atoms with E-state index < -0.39 is 22.2 Å². The maximum atomic E-state index is 12.1. The van der Waals surface area contributed by atoms with Crippen LogP contribution in [0.1, 0.15) is 24.9 Å². The smallest absolute Gasteiger partial charge is 0.306 e. The van der Waals surface area contributed by atoms with Gasteiger partial charge in [-0.05, 0) is 24.6 Å². The number of rotatable bonds is 7. The molecule has 0 heterocycles. The lowest BCUT2D eigenvalue weighted by molar-refractivity contribution is -0.140. The van der Waals surface area contributed by atoms with Gasteiger partial charge in [0.1, 0.15) is 0 Å². The molecule has 0 saturated carbocycles. The molecule has 0 aliphatic heterocycles. The quantitative estimate of drug-likeness (QED) is 0.770. The predicted molar refractivity (Wildman–Crippen MR) is 81.2 cm³/mol. The number of nitrogens with one attached hydrogen (secondary N) is 1. The Bertz CT molecular complexity index is 574. The Balaban J connectivity index is 2.66. The van der Waals surface area contributed by atoms with Crippen LogP contribution in [0.2, 0.25) is 5.02 Å². The molecule has 0 spiro atoms. The summed E-state index contributed by atoms with van der Waals surface area (Å²) in [6, 6.07) is 6.49. The molecule has 0 unspecified atom stereocenters. The number of hydrogen-bond donors (Lipinski definition) is 1. The highest BCUT2D eigenvalue weighted by molar-refractivity contribution is 7.87. The summed E-state index contributed by atoms with van der Waals surface area (Å²) in [7, 11) is -1.01.